The van der Waals surface area contributed by atoms with Crippen molar-refractivity contribution in [3.63, 3.8) is 0 Å². The Hall–Kier alpha value is -5.95. The first-order chi connectivity index (χ1) is 20.5. The molecule has 43 heavy (non-hydrogen) atoms. The van der Waals surface area contributed by atoms with Crippen LogP contribution < -0.4 is 9.04 Å². The number of benzene rings is 5. The van der Waals surface area contributed by atoms with Crippen LogP contribution in [0.1, 0.15) is 20.7 Å². The summed E-state index contributed by atoms with van der Waals surface area (Å²) in [5.74, 6) is -1.99. The number of anilines is 1. The van der Waals surface area contributed by atoms with Crippen LogP contribution >= 0.6 is 0 Å². The van der Waals surface area contributed by atoms with Crippen molar-refractivity contribution < 1.29 is 32.6 Å². The fourth-order valence-electron chi connectivity index (χ4n) is 4.23. The lowest BCUT2D eigenvalue weighted by Gasteiger charge is -2.23. The van der Waals surface area contributed by atoms with Gasteiger partial charge in [-0.15, -0.1) is 0 Å². The highest BCUT2D eigenvalue weighted by molar-refractivity contribution is 7.93. The second kappa shape index (κ2) is 11.5. The van der Waals surface area contributed by atoms with E-state index in [0.717, 1.165) is 17.5 Å². The maximum absolute atomic E-state index is 14.0. The van der Waals surface area contributed by atoms with Gasteiger partial charge in [-0.25, -0.2) is 13.2 Å². The molecule has 13 heteroatoms. The van der Waals surface area contributed by atoms with Gasteiger partial charge in [-0.2, -0.15) is 4.31 Å². The molecule has 0 saturated heterocycles. The van der Waals surface area contributed by atoms with Gasteiger partial charge in [-0.3, -0.25) is 25.0 Å². The molecule has 5 rings (SSSR count). The minimum absolute atomic E-state index is 0.0360. The molecule has 0 aliphatic heterocycles. The van der Waals surface area contributed by atoms with E-state index in [1.165, 1.54) is 72.8 Å². The minimum Gasteiger partial charge on any atom is -0.423 e. The summed E-state index contributed by atoms with van der Waals surface area (Å²) in [6.45, 7) is 0. The molecule has 5 aromatic rings. The second-order valence-electron chi connectivity index (χ2n) is 9.08. The molecular formula is C30H19N3O9S. The third-order valence-corrected chi connectivity index (χ3v) is 8.03. The van der Waals surface area contributed by atoms with Gasteiger partial charge in [-0.05, 0) is 59.3 Å². The van der Waals surface area contributed by atoms with E-state index >= 15 is 0 Å². The van der Waals surface area contributed by atoms with Crippen molar-refractivity contribution in [2.24, 2.45) is 0 Å². The van der Waals surface area contributed by atoms with E-state index in [-0.39, 0.29) is 33.1 Å². The summed E-state index contributed by atoms with van der Waals surface area (Å²) in [5, 5.41) is 23.7. The summed E-state index contributed by atoms with van der Waals surface area (Å²) < 4.78 is 33.8. The lowest BCUT2D eigenvalue weighted by molar-refractivity contribution is -0.385. The number of hydrogen-bond donors (Lipinski definition) is 0. The molecule has 0 aromatic heterocycles. The van der Waals surface area contributed by atoms with Gasteiger partial charge in [0.1, 0.15) is 5.75 Å². The van der Waals surface area contributed by atoms with Crippen molar-refractivity contribution in [1.82, 2.24) is 0 Å². The van der Waals surface area contributed by atoms with Gasteiger partial charge < -0.3 is 4.74 Å². The molecule has 0 radical (unpaired) electrons. The highest BCUT2D eigenvalue weighted by atomic mass is 32.2. The average Bonchev–Trinajstić information content (AvgIpc) is 3.01. The summed E-state index contributed by atoms with van der Waals surface area (Å²) in [4.78, 5) is 47.1. The van der Waals surface area contributed by atoms with Crippen LogP contribution in [-0.4, -0.2) is 30.1 Å². The Morgan fingerprint density at radius 2 is 1.23 bits per heavy atom. The first-order valence-corrected chi connectivity index (χ1v) is 13.9. The molecular weight excluding hydrogens is 578 g/mol. The molecule has 0 aliphatic rings. The molecule has 12 nitrogen and oxygen atoms in total. The first-order valence-electron chi connectivity index (χ1n) is 12.4. The Balaban J connectivity index is 1.53. The largest absolute Gasteiger partial charge is 0.423 e. The monoisotopic (exact) mass is 597 g/mol. The molecule has 0 aliphatic carbocycles. The van der Waals surface area contributed by atoms with Gasteiger partial charge in [0.2, 0.25) is 0 Å². The van der Waals surface area contributed by atoms with Crippen LogP contribution in [0.5, 0.6) is 5.75 Å². The lowest BCUT2D eigenvalue weighted by Crippen LogP contribution is -2.37. The third-order valence-electron chi connectivity index (χ3n) is 6.32. The quantitative estimate of drug-likeness (QED) is 0.0914. The zero-order valence-electron chi connectivity index (χ0n) is 21.9. The van der Waals surface area contributed by atoms with E-state index in [2.05, 4.69) is 0 Å². The number of sulfonamides is 1. The number of ether oxygens (including phenoxy) is 1. The molecule has 0 spiro atoms. The van der Waals surface area contributed by atoms with E-state index in [4.69, 9.17) is 4.74 Å². The molecule has 0 saturated carbocycles. The highest BCUT2D eigenvalue weighted by Crippen LogP contribution is 2.30. The summed E-state index contributed by atoms with van der Waals surface area (Å²) in [6.07, 6.45) is 0. The molecule has 0 N–H and O–H groups in total. The van der Waals surface area contributed by atoms with Crippen LogP contribution in [0.2, 0.25) is 0 Å². The predicted octanol–water partition coefficient (Wildman–Crippen LogP) is 5.91. The lowest BCUT2D eigenvalue weighted by atomic mass is 10.1. The number of esters is 1. The van der Waals surface area contributed by atoms with Gasteiger partial charge in [0.05, 0.1) is 26.0 Å². The molecule has 0 atom stereocenters. The number of amides is 1. The number of carbonyl (C=O) groups is 2. The zero-order valence-corrected chi connectivity index (χ0v) is 22.7. The molecule has 5 aromatic carbocycles. The van der Waals surface area contributed by atoms with Crippen molar-refractivity contribution in [2.75, 3.05) is 4.31 Å². The number of nitro groups is 2. The predicted molar refractivity (Wildman–Crippen MR) is 156 cm³/mol. The zero-order chi connectivity index (χ0) is 30.7. The van der Waals surface area contributed by atoms with E-state index in [9.17, 15) is 38.2 Å². The van der Waals surface area contributed by atoms with Crippen LogP contribution in [0.15, 0.2) is 120 Å². The molecule has 214 valence electrons. The SMILES string of the molecule is O=C(Oc1ccc(N(C(=O)c2cccc([N+](=O)[O-])c2)S(=O)(=O)c2ccc3ccccc3c2)cc1)c1cccc([N+](=O)[O-])c1. The topological polar surface area (TPSA) is 167 Å². The number of carbonyl (C=O) groups excluding carboxylic acids is 2. The van der Waals surface area contributed by atoms with Crippen molar-refractivity contribution in [3.8, 4) is 5.75 Å². The van der Waals surface area contributed by atoms with E-state index in [1.807, 2.05) is 0 Å². The number of fused-ring (bicyclic) bond motifs is 1. The van der Waals surface area contributed by atoms with Crippen molar-refractivity contribution in [3.05, 3.63) is 147 Å². The van der Waals surface area contributed by atoms with Gasteiger partial charge in [-0.1, -0.05) is 42.5 Å². The van der Waals surface area contributed by atoms with E-state index in [0.29, 0.717) is 9.69 Å². The third kappa shape index (κ3) is 5.92. The maximum Gasteiger partial charge on any atom is 0.343 e. The van der Waals surface area contributed by atoms with Crippen LogP contribution in [0, 0.1) is 20.2 Å². The first kappa shape index (κ1) is 28.6. The Morgan fingerprint density at radius 1 is 0.651 bits per heavy atom. The Morgan fingerprint density at radius 3 is 1.86 bits per heavy atom. The van der Waals surface area contributed by atoms with Crippen LogP contribution in [0.4, 0.5) is 17.1 Å². The number of nitro benzene ring substituents is 2. The van der Waals surface area contributed by atoms with E-state index in [1.54, 1.807) is 30.3 Å². The Bertz CT molecular complexity index is 2030. The summed E-state index contributed by atoms with van der Waals surface area (Å²) in [5.41, 5.74) is -1.18. The fourth-order valence-corrected chi connectivity index (χ4v) is 5.68. The molecule has 1 amide bonds. The normalized spacial score (nSPS) is 11.1. The van der Waals surface area contributed by atoms with Gasteiger partial charge in [0, 0.05) is 29.8 Å². The number of hydrogen-bond acceptors (Lipinski definition) is 9. The molecule has 0 unspecified atom stereocenters. The molecule has 0 bridgehead atoms. The molecule has 0 fully saturated rings. The smallest absolute Gasteiger partial charge is 0.343 e. The Kier molecular flexibility index (Phi) is 7.64. The molecule has 0 heterocycles. The summed E-state index contributed by atoms with van der Waals surface area (Å²) in [6, 6.07) is 25.9. The van der Waals surface area contributed by atoms with Gasteiger partial charge >= 0.3 is 5.97 Å². The number of nitrogens with zero attached hydrogens (tertiary/aromatic N) is 3. The van der Waals surface area contributed by atoms with Gasteiger partial charge in [0.25, 0.3) is 27.3 Å². The highest BCUT2D eigenvalue weighted by Gasteiger charge is 2.33. The second-order valence-corrected chi connectivity index (χ2v) is 10.9. The van der Waals surface area contributed by atoms with Crippen LogP contribution in [0.25, 0.3) is 10.8 Å². The number of rotatable bonds is 8. The summed E-state index contributed by atoms with van der Waals surface area (Å²) in [7, 11) is -4.58. The van der Waals surface area contributed by atoms with Crippen LogP contribution in [-0.2, 0) is 10.0 Å². The fraction of sp³-hybridized carbons (Fsp3) is 0. The van der Waals surface area contributed by atoms with E-state index < -0.39 is 37.4 Å². The number of non-ortho nitro benzene ring substituents is 2. The summed E-state index contributed by atoms with van der Waals surface area (Å²) >= 11 is 0. The standard InChI is InChI=1S/C30H19N3O9S/c34-29(22-7-3-9-25(17-22)32(36)37)31(43(40,41)28-16-11-20-5-1-2-6-21(20)19-28)24-12-14-27(15-13-24)42-30(35)23-8-4-10-26(18-23)33(38)39/h1-19H. The maximum atomic E-state index is 14.0. The Labute approximate surface area is 243 Å². The van der Waals surface area contributed by atoms with Crippen LogP contribution in [0.3, 0.4) is 0 Å². The van der Waals surface area contributed by atoms with Gasteiger partial charge in [0.15, 0.2) is 0 Å². The van der Waals surface area contributed by atoms with Crippen molar-refractivity contribution in [1.29, 1.82) is 0 Å². The van der Waals surface area contributed by atoms with Crippen molar-refractivity contribution >= 4 is 49.7 Å². The average molecular weight is 598 g/mol. The minimum atomic E-state index is -4.58. The van der Waals surface area contributed by atoms with Crippen molar-refractivity contribution in [2.45, 2.75) is 4.90 Å².